The smallest absolute Gasteiger partial charge is 0.255 e. The molecule has 0 saturated carbocycles. The molecule has 10 nitrogen and oxygen atoms in total. The summed E-state index contributed by atoms with van der Waals surface area (Å²) in [5.41, 5.74) is 0.759. The van der Waals surface area contributed by atoms with Crippen LogP contribution in [0.1, 0.15) is 0 Å². The Morgan fingerprint density at radius 1 is 0.971 bits per heavy atom. The van der Waals surface area contributed by atoms with Crippen LogP contribution >= 0.6 is 11.6 Å². The lowest BCUT2D eigenvalue weighted by Gasteiger charge is -2.17. The molecule has 1 fully saturated rings. The molecule has 182 valence electrons. The molecule has 4 rings (SSSR count). The van der Waals surface area contributed by atoms with Gasteiger partial charge in [0.1, 0.15) is 5.82 Å². The number of halogens is 1. The molecule has 1 aliphatic heterocycles. The SMILES string of the molecule is CS(=O)(=O)N1C[C@H](C(=O)Nc2ccc(Cl)cc2)[C@@H](C(=O)Nc2ccc(-n3ccccc3=O)cn2)C1. The van der Waals surface area contributed by atoms with E-state index in [-0.39, 0.29) is 24.5 Å². The predicted molar refractivity (Wildman–Crippen MR) is 132 cm³/mol. The van der Waals surface area contributed by atoms with Crippen LogP contribution in [-0.2, 0) is 19.6 Å². The maximum absolute atomic E-state index is 13.1. The summed E-state index contributed by atoms with van der Waals surface area (Å²) in [4.78, 5) is 42.2. The van der Waals surface area contributed by atoms with Crippen molar-refractivity contribution in [3.63, 3.8) is 0 Å². The molecule has 2 N–H and O–H groups in total. The molecule has 0 aliphatic carbocycles. The first-order valence-electron chi connectivity index (χ1n) is 10.6. The van der Waals surface area contributed by atoms with Crippen molar-refractivity contribution in [1.82, 2.24) is 13.9 Å². The lowest BCUT2D eigenvalue weighted by Crippen LogP contribution is -2.35. The zero-order valence-corrected chi connectivity index (χ0v) is 20.2. The fourth-order valence-corrected chi connectivity index (χ4v) is 4.79. The van der Waals surface area contributed by atoms with E-state index >= 15 is 0 Å². The van der Waals surface area contributed by atoms with Gasteiger partial charge < -0.3 is 10.6 Å². The number of hydrogen-bond donors (Lipinski definition) is 2. The van der Waals surface area contributed by atoms with Gasteiger partial charge in [-0.3, -0.25) is 19.0 Å². The van der Waals surface area contributed by atoms with Gasteiger partial charge in [-0.2, -0.15) is 0 Å². The highest BCUT2D eigenvalue weighted by atomic mass is 35.5. The molecule has 1 saturated heterocycles. The average molecular weight is 516 g/mol. The highest BCUT2D eigenvalue weighted by molar-refractivity contribution is 7.88. The van der Waals surface area contributed by atoms with Gasteiger partial charge in [-0.1, -0.05) is 17.7 Å². The summed E-state index contributed by atoms with van der Waals surface area (Å²) in [5, 5.41) is 5.86. The van der Waals surface area contributed by atoms with Gasteiger partial charge in [0, 0.05) is 36.1 Å². The van der Waals surface area contributed by atoms with Crippen LogP contribution in [0.4, 0.5) is 11.5 Å². The second-order valence-electron chi connectivity index (χ2n) is 8.09. The number of hydrogen-bond acceptors (Lipinski definition) is 6. The van der Waals surface area contributed by atoms with Crippen molar-refractivity contribution in [3.8, 4) is 5.69 Å². The quantitative estimate of drug-likeness (QED) is 0.516. The Balaban J connectivity index is 1.51. The molecule has 0 bridgehead atoms. The standard InChI is InChI=1S/C23H22ClN5O5S/c1-35(33,34)28-13-18(22(31)26-16-7-5-15(24)6-8-16)19(14-28)23(32)27-20-10-9-17(12-25-20)29-11-3-2-4-21(29)30/h2-12,18-19H,13-14H2,1H3,(H,26,31)(H,25,27,32)/t18-,19-/m0/s1. The summed E-state index contributed by atoms with van der Waals surface area (Å²) >= 11 is 5.88. The third-order valence-electron chi connectivity index (χ3n) is 5.64. The summed E-state index contributed by atoms with van der Waals surface area (Å²) < 4.78 is 26.8. The second-order valence-corrected chi connectivity index (χ2v) is 10.5. The summed E-state index contributed by atoms with van der Waals surface area (Å²) in [7, 11) is -3.62. The first-order valence-corrected chi connectivity index (χ1v) is 12.8. The number of carbonyl (C=O) groups excluding carboxylic acids is 2. The van der Waals surface area contributed by atoms with Crippen LogP contribution in [0.3, 0.4) is 0 Å². The molecule has 0 spiro atoms. The molecule has 2 aromatic heterocycles. The Hall–Kier alpha value is -3.54. The molecule has 3 heterocycles. The molecular weight excluding hydrogens is 494 g/mol. The molecule has 1 aliphatic rings. The van der Waals surface area contributed by atoms with Crippen molar-refractivity contribution < 1.29 is 18.0 Å². The van der Waals surface area contributed by atoms with Gasteiger partial charge in [0.25, 0.3) is 5.56 Å². The van der Waals surface area contributed by atoms with Crippen LogP contribution < -0.4 is 16.2 Å². The Bertz CT molecular complexity index is 1410. The van der Waals surface area contributed by atoms with Gasteiger partial charge in [-0.15, -0.1) is 0 Å². The number of nitrogens with one attached hydrogen (secondary N) is 2. The lowest BCUT2D eigenvalue weighted by molar-refractivity contribution is -0.127. The Kier molecular flexibility index (Phi) is 7.01. The largest absolute Gasteiger partial charge is 0.326 e. The van der Waals surface area contributed by atoms with Crippen molar-refractivity contribution in [2.45, 2.75) is 0 Å². The predicted octanol–water partition coefficient (Wildman–Crippen LogP) is 1.97. The summed E-state index contributed by atoms with van der Waals surface area (Å²) in [6, 6.07) is 14.3. The van der Waals surface area contributed by atoms with Crippen LogP contribution in [0.2, 0.25) is 5.02 Å². The Labute approximate surface area is 206 Å². The van der Waals surface area contributed by atoms with Crippen molar-refractivity contribution in [1.29, 1.82) is 0 Å². The zero-order valence-electron chi connectivity index (χ0n) is 18.6. The fourth-order valence-electron chi connectivity index (χ4n) is 3.80. The number of amides is 2. The third-order valence-corrected chi connectivity index (χ3v) is 7.13. The van der Waals surface area contributed by atoms with E-state index in [4.69, 9.17) is 11.6 Å². The van der Waals surface area contributed by atoms with Gasteiger partial charge >= 0.3 is 0 Å². The lowest BCUT2D eigenvalue weighted by atomic mass is 9.94. The molecule has 12 heteroatoms. The van der Waals surface area contributed by atoms with E-state index in [1.807, 2.05) is 0 Å². The minimum absolute atomic E-state index is 0.125. The molecule has 1 aromatic carbocycles. The minimum Gasteiger partial charge on any atom is -0.326 e. The second kappa shape index (κ2) is 9.98. The molecule has 0 radical (unpaired) electrons. The first-order chi connectivity index (χ1) is 16.6. The number of benzene rings is 1. The molecular formula is C23H22ClN5O5S. The van der Waals surface area contributed by atoms with E-state index in [0.29, 0.717) is 16.4 Å². The maximum Gasteiger partial charge on any atom is 0.255 e. The molecule has 2 amide bonds. The van der Waals surface area contributed by atoms with Crippen LogP contribution in [0.15, 0.2) is 71.8 Å². The Morgan fingerprint density at radius 2 is 1.63 bits per heavy atom. The van der Waals surface area contributed by atoms with E-state index < -0.39 is 33.7 Å². The molecule has 35 heavy (non-hydrogen) atoms. The van der Waals surface area contributed by atoms with E-state index in [1.54, 1.807) is 48.7 Å². The zero-order chi connectivity index (χ0) is 25.2. The van der Waals surface area contributed by atoms with Crippen LogP contribution in [0.25, 0.3) is 5.69 Å². The van der Waals surface area contributed by atoms with Crippen molar-refractivity contribution in [2.75, 3.05) is 30.0 Å². The van der Waals surface area contributed by atoms with Crippen molar-refractivity contribution in [3.05, 3.63) is 82.4 Å². The average Bonchev–Trinajstić information content (AvgIpc) is 3.28. The van der Waals surface area contributed by atoms with Gasteiger partial charge in [0.2, 0.25) is 21.8 Å². The van der Waals surface area contributed by atoms with Crippen LogP contribution in [0.5, 0.6) is 0 Å². The highest BCUT2D eigenvalue weighted by Gasteiger charge is 2.44. The summed E-state index contributed by atoms with van der Waals surface area (Å²) in [6.45, 7) is -0.263. The molecule has 3 aromatic rings. The molecule has 0 unspecified atom stereocenters. The summed E-state index contributed by atoms with van der Waals surface area (Å²) in [6.07, 6.45) is 4.06. The topological polar surface area (TPSA) is 130 Å². The van der Waals surface area contributed by atoms with Crippen molar-refractivity contribution in [2.24, 2.45) is 11.8 Å². The van der Waals surface area contributed by atoms with Crippen LogP contribution in [-0.4, -0.2) is 53.4 Å². The Morgan fingerprint density at radius 3 is 2.20 bits per heavy atom. The fraction of sp³-hybridized carbons (Fsp3) is 0.217. The third kappa shape index (κ3) is 5.76. The van der Waals surface area contributed by atoms with Gasteiger partial charge in [-0.05, 0) is 42.5 Å². The van der Waals surface area contributed by atoms with Gasteiger partial charge in [-0.25, -0.2) is 17.7 Å². The van der Waals surface area contributed by atoms with E-state index in [1.165, 1.54) is 22.9 Å². The number of rotatable bonds is 6. The number of nitrogens with zero attached hydrogens (tertiary/aromatic N) is 3. The maximum atomic E-state index is 13.1. The van der Waals surface area contributed by atoms with E-state index in [9.17, 15) is 22.8 Å². The van der Waals surface area contributed by atoms with E-state index in [2.05, 4.69) is 15.6 Å². The molecule has 2 atom stereocenters. The highest BCUT2D eigenvalue weighted by Crippen LogP contribution is 2.28. The number of pyridine rings is 2. The monoisotopic (exact) mass is 515 g/mol. The van der Waals surface area contributed by atoms with Gasteiger partial charge in [0.15, 0.2) is 0 Å². The number of sulfonamides is 1. The minimum atomic E-state index is -3.62. The van der Waals surface area contributed by atoms with Crippen molar-refractivity contribution >= 4 is 44.9 Å². The van der Waals surface area contributed by atoms with Gasteiger partial charge in [0.05, 0.1) is 30.0 Å². The summed E-state index contributed by atoms with van der Waals surface area (Å²) in [5.74, 6) is -2.66. The first kappa shape index (κ1) is 24.6. The number of carbonyl (C=O) groups is 2. The normalized spacial score (nSPS) is 18.2. The van der Waals surface area contributed by atoms with E-state index in [0.717, 1.165) is 10.6 Å². The number of aromatic nitrogens is 2. The van der Waals surface area contributed by atoms with Crippen LogP contribution in [0, 0.1) is 11.8 Å². The number of anilines is 2.